The number of hydrogen-bond donors (Lipinski definition) is 1. The molecule has 1 fully saturated rings. The van der Waals surface area contributed by atoms with Crippen molar-refractivity contribution in [1.82, 2.24) is 4.90 Å². The molecular weight excluding hydrogens is 294 g/mol. The van der Waals surface area contributed by atoms with Crippen LogP contribution in [0.3, 0.4) is 0 Å². The van der Waals surface area contributed by atoms with Crippen LogP contribution in [-0.4, -0.2) is 47.2 Å². The lowest BCUT2D eigenvalue weighted by molar-refractivity contribution is -0.170. The van der Waals surface area contributed by atoms with E-state index in [1.54, 1.807) is 30.0 Å². The molecule has 0 atom stereocenters. The summed E-state index contributed by atoms with van der Waals surface area (Å²) in [7, 11) is 0. The van der Waals surface area contributed by atoms with Gasteiger partial charge in [0.15, 0.2) is 0 Å². The standard InChI is InChI=1S/C15H16ClNO4/c1-15(21-8-14(19)20)9-17(10-15)13(18)7-4-11-2-5-12(16)6-3-11/h2-7H,8-10H2,1H3,(H,19,20)/b7-4+. The van der Waals surface area contributed by atoms with Crippen molar-refractivity contribution in [2.24, 2.45) is 0 Å². The molecule has 1 saturated heterocycles. The van der Waals surface area contributed by atoms with E-state index in [1.165, 1.54) is 6.08 Å². The topological polar surface area (TPSA) is 66.8 Å². The lowest BCUT2D eigenvalue weighted by Gasteiger charge is -2.46. The summed E-state index contributed by atoms with van der Waals surface area (Å²) in [5, 5.41) is 9.22. The highest BCUT2D eigenvalue weighted by Gasteiger charge is 2.42. The minimum atomic E-state index is -1.01. The molecule has 5 nitrogen and oxygen atoms in total. The summed E-state index contributed by atoms with van der Waals surface area (Å²) in [6, 6.07) is 7.16. The smallest absolute Gasteiger partial charge is 0.329 e. The van der Waals surface area contributed by atoms with Crippen LogP contribution in [0.25, 0.3) is 6.08 Å². The van der Waals surface area contributed by atoms with E-state index in [-0.39, 0.29) is 12.5 Å². The maximum atomic E-state index is 11.9. The average molecular weight is 310 g/mol. The van der Waals surface area contributed by atoms with Crippen LogP contribution in [-0.2, 0) is 14.3 Å². The second-order valence-electron chi connectivity index (χ2n) is 5.21. The summed E-state index contributed by atoms with van der Waals surface area (Å²) in [6.45, 7) is 2.23. The number of halogens is 1. The highest BCUT2D eigenvalue weighted by atomic mass is 35.5. The Hall–Kier alpha value is -1.85. The minimum Gasteiger partial charge on any atom is -0.480 e. The van der Waals surface area contributed by atoms with Crippen LogP contribution < -0.4 is 0 Å². The number of hydrogen-bond acceptors (Lipinski definition) is 3. The second kappa shape index (κ2) is 6.28. The van der Waals surface area contributed by atoms with E-state index in [9.17, 15) is 9.59 Å². The third-order valence-electron chi connectivity index (χ3n) is 3.19. The number of carbonyl (C=O) groups is 2. The fourth-order valence-corrected chi connectivity index (χ4v) is 2.22. The molecule has 0 aliphatic carbocycles. The van der Waals surface area contributed by atoms with Gasteiger partial charge in [-0.25, -0.2) is 4.79 Å². The predicted octanol–water partition coefficient (Wildman–Crippen LogP) is 2.06. The number of rotatable bonds is 5. The van der Waals surface area contributed by atoms with E-state index >= 15 is 0 Å². The first-order valence-corrected chi connectivity index (χ1v) is 6.84. The van der Waals surface area contributed by atoms with Gasteiger partial charge in [0.05, 0.1) is 13.1 Å². The molecule has 0 spiro atoms. The first kappa shape index (κ1) is 15.5. The lowest BCUT2D eigenvalue weighted by Crippen LogP contribution is -2.63. The third kappa shape index (κ3) is 4.31. The number of nitrogens with zero attached hydrogens (tertiary/aromatic N) is 1. The van der Waals surface area contributed by atoms with E-state index in [4.69, 9.17) is 21.4 Å². The molecule has 1 amide bonds. The first-order valence-electron chi connectivity index (χ1n) is 6.46. The van der Waals surface area contributed by atoms with Gasteiger partial charge in [0.25, 0.3) is 0 Å². The van der Waals surface area contributed by atoms with Gasteiger partial charge in [-0.1, -0.05) is 23.7 Å². The second-order valence-corrected chi connectivity index (χ2v) is 5.65. The van der Waals surface area contributed by atoms with Gasteiger partial charge in [-0.2, -0.15) is 0 Å². The van der Waals surface area contributed by atoms with Crippen LogP contribution in [0.1, 0.15) is 12.5 Å². The molecule has 1 N–H and O–H groups in total. The molecule has 0 aromatic heterocycles. The Balaban J connectivity index is 1.83. The SMILES string of the molecule is CC1(OCC(=O)O)CN(C(=O)/C=C/c2ccc(Cl)cc2)C1. The highest BCUT2D eigenvalue weighted by molar-refractivity contribution is 6.30. The highest BCUT2D eigenvalue weighted by Crippen LogP contribution is 2.25. The molecule has 2 rings (SSSR count). The van der Waals surface area contributed by atoms with Gasteiger partial charge in [0.1, 0.15) is 12.2 Å². The number of carboxylic acids is 1. The van der Waals surface area contributed by atoms with E-state index in [2.05, 4.69) is 0 Å². The molecule has 0 bridgehead atoms. The van der Waals surface area contributed by atoms with Crippen molar-refractivity contribution in [3.8, 4) is 0 Å². The van der Waals surface area contributed by atoms with Crippen LogP contribution in [0.5, 0.6) is 0 Å². The molecule has 0 unspecified atom stereocenters. The molecular formula is C15H16ClNO4. The minimum absolute atomic E-state index is 0.124. The van der Waals surface area contributed by atoms with E-state index in [0.717, 1.165) is 5.56 Å². The van der Waals surface area contributed by atoms with Crippen LogP contribution in [0, 0.1) is 0 Å². The Morgan fingerprint density at radius 1 is 1.38 bits per heavy atom. The predicted molar refractivity (Wildman–Crippen MR) is 79.1 cm³/mol. The summed E-state index contributed by atoms with van der Waals surface area (Å²) < 4.78 is 5.25. The van der Waals surface area contributed by atoms with Gasteiger partial charge in [-0.05, 0) is 30.7 Å². The van der Waals surface area contributed by atoms with Crippen molar-refractivity contribution >= 4 is 29.6 Å². The zero-order valence-electron chi connectivity index (χ0n) is 11.6. The van der Waals surface area contributed by atoms with Crippen molar-refractivity contribution in [3.63, 3.8) is 0 Å². The first-order chi connectivity index (χ1) is 9.88. The van der Waals surface area contributed by atoms with E-state index in [0.29, 0.717) is 18.1 Å². The maximum Gasteiger partial charge on any atom is 0.329 e. The average Bonchev–Trinajstić information content (AvgIpc) is 2.41. The van der Waals surface area contributed by atoms with Gasteiger partial charge in [0.2, 0.25) is 5.91 Å². The van der Waals surface area contributed by atoms with Gasteiger partial charge in [0, 0.05) is 11.1 Å². The zero-order chi connectivity index (χ0) is 15.5. The maximum absolute atomic E-state index is 11.9. The van der Waals surface area contributed by atoms with Crippen LogP contribution in [0.2, 0.25) is 5.02 Å². The molecule has 0 saturated carbocycles. The molecule has 1 aromatic carbocycles. The third-order valence-corrected chi connectivity index (χ3v) is 3.45. The summed E-state index contributed by atoms with van der Waals surface area (Å²) in [4.78, 5) is 24.0. The van der Waals surface area contributed by atoms with Crippen molar-refractivity contribution < 1.29 is 19.4 Å². The van der Waals surface area contributed by atoms with Crippen molar-refractivity contribution in [3.05, 3.63) is 40.9 Å². The van der Waals surface area contributed by atoms with Crippen molar-refractivity contribution in [2.75, 3.05) is 19.7 Å². The van der Waals surface area contributed by atoms with Crippen LogP contribution in [0.4, 0.5) is 0 Å². The zero-order valence-corrected chi connectivity index (χ0v) is 12.3. The van der Waals surface area contributed by atoms with Gasteiger partial charge >= 0.3 is 5.97 Å². The number of likely N-dealkylation sites (tertiary alicyclic amines) is 1. The quantitative estimate of drug-likeness (QED) is 0.845. The number of ether oxygens (including phenoxy) is 1. The monoisotopic (exact) mass is 309 g/mol. The Kier molecular flexibility index (Phi) is 4.65. The van der Waals surface area contributed by atoms with E-state index < -0.39 is 11.6 Å². The normalized spacial score (nSPS) is 16.8. The van der Waals surface area contributed by atoms with Crippen LogP contribution >= 0.6 is 11.6 Å². The van der Waals surface area contributed by atoms with Crippen molar-refractivity contribution in [1.29, 1.82) is 0 Å². The molecule has 1 heterocycles. The molecule has 6 heteroatoms. The Morgan fingerprint density at radius 3 is 2.57 bits per heavy atom. The summed E-state index contributed by atoms with van der Waals surface area (Å²) >= 11 is 5.78. The Bertz CT molecular complexity index is 562. The number of aliphatic carboxylic acids is 1. The fraction of sp³-hybridized carbons (Fsp3) is 0.333. The Labute approximate surface area is 127 Å². The summed E-state index contributed by atoms with van der Waals surface area (Å²) in [5.74, 6) is -1.13. The lowest BCUT2D eigenvalue weighted by atomic mass is 9.96. The fourth-order valence-electron chi connectivity index (χ4n) is 2.09. The summed E-state index contributed by atoms with van der Waals surface area (Å²) in [6.07, 6.45) is 3.20. The molecule has 21 heavy (non-hydrogen) atoms. The van der Waals surface area contributed by atoms with Gasteiger partial charge in [-0.3, -0.25) is 4.79 Å². The summed E-state index contributed by atoms with van der Waals surface area (Å²) in [5.41, 5.74) is 0.320. The van der Waals surface area contributed by atoms with Crippen LogP contribution in [0.15, 0.2) is 30.3 Å². The molecule has 0 radical (unpaired) electrons. The molecule has 112 valence electrons. The molecule has 1 aliphatic heterocycles. The largest absolute Gasteiger partial charge is 0.480 e. The number of carbonyl (C=O) groups excluding carboxylic acids is 1. The number of benzene rings is 1. The van der Waals surface area contributed by atoms with Gasteiger partial charge < -0.3 is 14.7 Å². The molecule has 1 aliphatic rings. The van der Waals surface area contributed by atoms with Crippen molar-refractivity contribution in [2.45, 2.75) is 12.5 Å². The molecule has 1 aromatic rings. The number of carboxylic acid groups (broad SMARTS) is 1. The van der Waals surface area contributed by atoms with Gasteiger partial charge in [-0.15, -0.1) is 0 Å². The Morgan fingerprint density at radius 2 is 2.00 bits per heavy atom. The van der Waals surface area contributed by atoms with E-state index in [1.807, 2.05) is 12.1 Å². The number of amides is 1.